The van der Waals surface area contributed by atoms with Crippen LogP contribution < -0.4 is 5.19 Å². The van der Waals surface area contributed by atoms with Crippen LogP contribution in [0.25, 0.3) is 0 Å². The topological polar surface area (TPSA) is 0 Å². The molecule has 0 aliphatic heterocycles. The third-order valence-corrected chi connectivity index (χ3v) is 12.1. The zero-order valence-electron chi connectivity index (χ0n) is 9.52. The van der Waals surface area contributed by atoms with E-state index in [9.17, 15) is 13.2 Å². The molecule has 0 aliphatic rings. The van der Waals surface area contributed by atoms with E-state index in [0.717, 1.165) is 21.5 Å². The largest absolute Gasteiger partial charge is 0.499 e. The molecule has 0 bridgehead atoms. The highest BCUT2D eigenvalue weighted by Gasteiger charge is 2.31. The molecule has 1 atom stereocenters. The zero-order valence-corrected chi connectivity index (χ0v) is 12.7. The van der Waals surface area contributed by atoms with E-state index in [2.05, 4.69) is 13.1 Å². The highest BCUT2D eigenvalue weighted by Crippen LogP contribution is 2.28. The first kappa shape index (κ1) is 15.1. The third kappa shape index (κ3) is 3.74. The molecule has 0 heterocycles. The van der Waals surface area contributed by atoms with Crippen molar-refractivity contribution in [1.29, 1.82) is 0 Å². The Kier molecular flexibility index (Phi) is 5.12. The van der Waals surface area contributed by atoms with Gasteiger partial charge in [-0.1, -0.05) is 41.7 Å². The molecule has 1 aromatic rings. The van der Waals surface area contributed by atoms with Crippen molar-refractivity contribution < 1.29 is 13.2 Å². The maximum Gasteiger partial charge on any atom is 0.499 e. The molecule has 0 nitrogen and oxygen atoms in total. The quantitative estimate of drug-likeness (QED) is 0.744. The van der Waals surface area contributed by atoms with Crippen molar-refractivity contribution >= 4 is 41.6 Å². The summed E-state index contributed by atoms with van der Waals surface area (Å²) in [6, 6.07) is 5.41. The molecule has 6 heteroatoms. The second-order valence-electron chi connectivity index (χ2n) is 4.14. The van der Waals surface area contributed by atoms with Crippen LogP contribution in [0.15, 0.2) is 36.5 Å². The van der Waals surface area contributed by atoms with Gasteiger partial charge in [0.25, 0.3) is 0 Å². The Morgan fingerprint density at radius 3 is 2.24 bits per heavy atom. The number of halogens is 4. The molecule has 0 aromatic heterocycles. The van der Waals surface area contributed by atoms with Gasteiger partial charge in [-0.2, -0.15) is 13.2 Å². The molecular formula is C11H12ClF3MgSi. The van der Waals surface area contributed by atoms with Crippen molar-refractivity contribution in [2.24, 2.45) is 0 Å². The standard InChI is InChI=1S/C11H12F3Si.ClH.Mg/c1-4-15(2,3)10-7-5-9(6-8-10)11(12,13)14;;/h4-8H,1-2H2,3H3;1H;/q;;+1/p-1. The molecule has 1 aromatic carbocycles. The van der Waals surface area contributed by atoms with Gasteiger partial charge < -0.3 is 9.07 Å². The molecule has 17 heavy (non-hydrogen) atoms. The Labute approximate surface area is 113 Å². The van der Waals surface area contributed by atoms with Crippen LogP contribution >= 0.6 is 9.07 Å². The van der Waals surface area contributed by atoms with Crippen LogP contribution in [0.1, 0.15) is 5.56 Å². The molecule has 0 fully saturated rings. The number of benzene rings is 1. The monoisotopic (exact) mass is 288 g/mol. The normalized spacial score (nSPS) is 14.9. The summed E-state index contributed by atoms with van der Waals surface area (Å²) in [7, 11) is 4.01. The van der Waals surface area contributed by atoms with E-state index >= 15 is 0 Å². The third-order valence-electron chi connectivity index (χ3n) is 2.94. The first-order valence-corrected chi connectivity index (χ1v) is 11.1. The van der Waals surface area contributed by atoms with Gasteiger partial charge in [-0.15, -0.1) is 10.8 Å². The van der Waals surface area contributed by atoms with Crippen LogP contribution in [0.2, 0.25) is 10.7 Å². The van der Waals surface area contributed by atoms with Crippen molar-refractivity contribution in [3.8, 4) is 0 Å². The minimum absolute atomic E-state index is 0.607. The lowest BCUT2D eigenvalue weighted by Crippen LogP contribution is -2.43. The van der Waals surface area contributed by atoms with E-state index in [-0.39, 0.29) is 0 Å². The van der Waals surface area contributed by atoms with E-state index < -0.39 is 39.1 Å². The maximum absolute atomic E-state index is 12.4. The van der Waals surface area contributed by atoms with E-state index in [0.29, 0.717) is 0 Å². The summed E-state index contributed by atoms with van der Waals surface area (Å²) >= 11 is -0.642. The van der Waals surface area contributed by atoms with Crippen molar-refractivity contribution in [2.45, 2.75) is 16.9 Å². The number of alkyl halides is 3. The molecule has 0 saturated carbocycles. The number of hydrogen-bond acceptors (Lipinski definition) is 0. The van der Waals surface area contributed by atoms with Crippen molar-refractivity contribution in [2.75, 3.05) is 0 Å². The maximum atomic E-state index is 12.4. The highest BCUT2D eigenvalue weighted by atomic mass is 35.5. The van der Waals surface area contributed by atoms with Gasteiger partial charge in [0.05, 0.1) is 13.6 Å². The predicted molar refractivity (Wildman–Crippen MR) is 69.3 cm³/mol. The molecule has 0 spiro atoms. The van der Waals surface area contributed by atoms with Gasteiger partial charge in [0.2, 0.25) is 0 Å². The fourth-order valence-electron chi connectivity index (χ4n) is 1.60. The van der Waals surface area contributed by atoms with Gasteiger partial charge in [-0.05, 0) is 0 Å². The van der Waals surface area contributed by atoms with Gasteiger partial charge in [0.1, 0.15) is 0 Å². The second-order valence-corrected chi connectivity index (χ2v) is 11.5. The number of rotatable bonds is 4. The van der Waals surface area contributed by atoms with Gasteiger partial charge in [0, 0.05) is 0 Å². The summed E-state index contributed by atoms with van der Waals surface area (Å²) < 4.78 is 38.2. The highest BCUT2D eigenvalue weighted by molar-refractivity contribution is 7.08. The average molecular weight is 289 g/mol. The smallest absolute Gasteiger partial charge is 0.346 e. The van der Waals surface area contributed by atoms with E-state index in [4.69, 9.17) is 9.07 Å². The molecule has 0 saturated heterocycles. The molecule has 0 amide bonds. The Balaban J connectivity index is 3.05. The van der Waals surface area contributed by atoms with Crippen molar-refractivity contribution in [1.82, 2.24) is 0 Å². The lowest BCUT2D eigenvalue weighted by molar-refractivity contribution is -0.137. The number of hydrogen-bond donors (Lipinski definition) is 0. The predicted octanol–water partition coefficient (Wildman–Crippen LogP) is 3.53. The van der Waals surface area contributed by atoms with E-state index in [1.54, 1.807) is 12.1 Å². The van der Waals surface area contributed by atoms with Crippen LogP contribution in [0.5, 0.6) is 0 Å². The fourth-order valence-corrected chi connectivity index (χ4v) is 9.84. The van der Waals surface area contributed by atoms with Gasteiger partial charge in [-0.25, -0.2) is 0 Å². The summed E-state index contributed by atoms with van der Waals surface area (Å²) in [5.41, 5.74) is 1.29. The molecule has 0 radical (unpaired) electrons. The zero-order chi connectivity index (χ0) is 13.1. The van der Waals surface area contributed by atoms with Crippen LogP contribution in [-0.2, 0) is 6.18 Å². The Morgan fingerprint density at radius 1 is 1.35 bits per heavy atom. The van der Waals surface area contributed by atoms with Crippen LogP contribution in [0.3, 0.4) is 0 Å². The summed E-state index contributed by atoms with van der Waals surface area (Å²) in [6.45, 7) is 5.88. The first-order chi connectivity index (χ1) is 7.83. The van der Waals surface area contributed by atoms with Gasteiger partial charge >= 0.3 is 25.4 Å². The summed E-state index contributed by atoms with van der Waals surface area (Å²) in [4.78, 5) is 0. The molecular weight excluding hydrogens is 277 g/mol. The van der Waals surface area contributed by atoms with Crippen LogP contribution in [-0.4, -0.2) is 27.3 Å². The van der Waals surface area contributed by atoms with E-state index in [1.165, 1.54) is 0 Å². The van der Waals surface area contributed by atoms with Crippen LogP contribution in [0, 0.1) is 0 Å². The van der Waals surface area contributed by atoms with Gasteiger partial charge in [-0.3, -0.25) is 0 Å². The summed E-state index contributed by atoms with van der Waals surface area (Å²) in [6.07, 6.45) is -4.27. The second kappa shape index (κ2) is 5.78. The minimum Gasteiger partial charge on any atom is -0.346 e. The van der Waals surface area contributed by atoms with Gasteiger partial charge in [0.15, 0.2) is 0 Å². The molecule has 1 rings (SSSR count). The average Bonchev–Trinajstić information content (AvgIpc) is 2.28. The molecule has 0 aliphatic carbocycles. The molecule has 90 valence electrons. The summed E-state index contributed by atoms with van der Waals surface area (Å²) in [5, 5.41) is 0.966. The fraction of sp³-hybridized carbons (Fsp3) is 0.273. The Bertz CT molecular complexity index is 391. The van der Waals surface area contributed by atoms with Crippen LogP contribution in [0.4, 0.5) is 13.2 Å². The minimum atomic E-state index is -4.27. The SMILES string of the molecule is C=C[Si](C)([CH2][Mg][Cl])c1ccc(C(F)(F)F)cc1. The van der Waals surface area contributed by atoms with Crippen molar-refractivity contribution in [3.63, 3.8) is 0 Å². The van der Waals surface area contributed by atoms with Crippen molar-refractivity contribution in [3.05, 3.63) is 42.1 Å². The Morgan fingerprint density at radius 2 is 1.88 bits per heavy atom. The molecule has 1 unspecified atom stereocenters. The summed E-state index contributed by atoms with van der Waals surface area (Å²) in [5.74, 6) is 0. The Hall–Kier alpha value is 0.0231. The lowest BCUT2D eigenvalue weighted by atomic mass is 10.2. The lowest BCUT2D eigenvalue weighted by Gasteiger charge is -2.23. The van der Waals surface area contributed by atoms with E-state index in [1.807, 2.05) is 5.70 Å². The first-order valence-electron chi connectivity index (χ1n) is 5.21. The molecule has 0 N–H and O–H groups in total.